The summed E-state index contributed by atoms with van der Waals surface area (Å²) < 4.78 is 11.8. The van der Waals surface area contributed by atoms with Gasteiger partial charge in [0.1, 0.15) is 35.0 Å². The third-order valence-electron chi connectivity index (χ3n) is 5.71. The summed E-state index contributed by atoms with van der Waals surface area (Å²) in [7, 11) is 0. The predicted octanol–water partition coefficient (Wildman–Crippen LogP) is 4.58. The van der Waals surface area contributed by atoms with Crippen molar-refractivity contribution in [1.29, 1.82) is 0 Å². The number of piperidine rings is 1. The van der Waals surface area contributed by atoms with Crippen LogP contribution in [-0.4, -0.2) is 39.0 Å². The molecule has 32 heavy (non-hydrogen) atoms. The van der Waals surface area contributed by atoms with Crippen molar-refractivity contribution in [2.45, 2.75) is 39.0 Å². The molecular weight excluding hydrogens is 402 g/mol. The number of furan rings is 1. The predicted molar refractivity (Wildman–Crippen MR) is 123 cm³/mol. The highest BCUT2D eigenvalue weighted by Gasteiger charge is 2.22. The van der Waals surface area contributed by atoms with Gasteiger partial charge in [-0.2, -0.15) is 0 Å². The number of anilines is 1. The van der Waals surface area contributed by atoms with Gasteiger partial charge in [-0.15, -0.1) is 0 Å². The molecule has 0 bridgehead atoms. The number of aromatic nitrogens is 3. The van der Waals surface area contributed by atoms with Crippen molar-refractivity contribution in [3.8, 4) is 5.75 Å². The van der Waals surface area contributed by atoms with Crippen molar-refractivity contribution in [2.24, 2.45) is 0 Å². The van der Waals surface area contributed by atoms with Gasteiger partial charge in [0.2, 0.25) is 0 Å². The normalized spacial score (nSPS) is 15.2. The van der Waals surface area contributed by atoms with Gasteiger partial charge >= 0.3 is 0 Å². The number of benzene rings is 1. The quantitative estimate of drug-likeness (QED) is 0.461. The van der Waals surface area contributed by atoms with Crippen LogP contribution in [0.25, 0.3) is 10.9 Å². The number of para-hydroxylation sites is 1. The van der Waals surface area contributed by atoms with Gasteiger partial charge in [-0.3, -0.25) is 9.88 Å². The van der Waals surface area contributed by atoms with Gasteiger partial charge in [-0.1, -0.05) is 12.1 Å². The van der Waals surface area contributed by atoms with Gasteiger partial charge < -0.3 is 14.5 Å². The lowest BCUT2D eigenvalue weighted by molar-refractivity contribution is 0.0951. The van der Waals surface area contributed by atoms with Crippen molar-refractivity contribution < 1.29 is 9.15 Å². The molecule has 1 N–H and O–H groups in total. The van der Waals surface area contributed by atoms with E-state index in [9.17, 15) is 0 Å². The summed E-state index contributed by atoms with van der Waals surface area (Å²) in [5.74, 6) is 4.31. The molecule has 7 nitrogen and oxygen atoms in total. The Morgan fingerprint density at radius 2 is 1.94 bits per heavy atom. The monoisotopic (exact) mass is 429 g/mol. The average molecular weight is 430 g/mol. The molecule has 1 aliphatic heterocycles. The van der Waals surface area contributed by atoms with Crippen LogP contribution < -0.4 is 10.1 Å². The van der Waals surface area contributed by atoms with E-state index in [1.807, 2.05) is 49.4 Å². The maximum atomic E-state index is 6.07. The molecule has 0 spiro atoms. The molecule has 4 heterocycles. The molecule has 0 atom stereocenters. The number of nitrogens with zero attached hydrogens (tertiary/aromatic N) is 4. The zero-order valence-corrected chi connectivity index (χ0v) is 18.2. The van der Waals surface area contributed by atoms with Gasteiger partial charge in [0.15, 0.2) is 0 Å². The van der Waals surface area contributed by atoms with E-state index >= 15 is 0 Å². The SMILES string of the molecule is Cc1ccc(CNc2nc(CN3CCC(Oc4cccnc4)CC3)nc3ccccc23)o1. The van der Waals surface area contributed by atoms with E-state index in [1.165, 1.54) is 0 Å². The Labute approximate surface area is 187 Å². The first-order valence-electron chi connectivity index (χ1n) is 11.1. The second kappa shape index (κ2) is 9.36. The van der Waals surface area contributed by atoms with Gasteiger partial charge in [-0.25, -0.2) is 9.97 Å². The van der Waals surface area contributed by atoms with Crippen molar-refractivity contribution in [3.05, 3.63) is 78.3 Å². The molecular formula is C25H27N5O2. The van der Waals surface area contributed by atoms with Gasteiger partial charge in [0.25, 0.3) is 0 Å². The Hall–Kier alpha value is -3.45. The van der Waals surface area contributed by atoms with Crippen LogP contribution in [0, 0.1) is 6.92 Å². The Morgan fingerprint density at radius 3 is 2.72 bits per heavy atom. The summed E-state index contributed by atoms with van der Waals surface area (Å²) in [6.07, 6.45) is 5.71. The zero-order chi connectivity index (χ0) is 21.8. The Bertz CT molecular complexity index is 1170. The van der Waals surface area contributed by atoms with E-state index < -0.39 is 0 Å². The summed E-state index contributed by atoms with van der Waals surface area (Å²) in [6, 6.07) is 15.9. The number of nitrogens with one attached hydrogen (secondary N) is 1. The smallest absolute Gasteiger partial charge is 0.145 e. The van der Waals surface area contributed by atoms with Crippen LogP contribution in [0.2, 0.25) is 0 Å². The van der Waals surface area contributed by atoms with E-state index in [0.717, 1.165) is 72.3 Å². The lowest BCUT2D eigenvalue weighted by Gasteiger charge is -2.31. The topological polar surface area (TPSA) is 76.3 Å². The molecule has 0 radical (unpaired) electrons. The third kappa shape index (κ3) is 4.89. The van der Waals surface area contributed by atoms with E-state index in [1.54, 1.807) is 12.4 Å². The number of likely N-dealkylation sites (tertiary alicyclic amines) is 1. The van der Waals surface area contributed by atoms with Crippen LogP contribution in [0.1, 0.15) is 30.2 Å². The first kappa shape index (κ1) is 20.5. The summed E-state index contributed by atoms with van der Waals surface area (Å²) in [5, 5.41) is 4.46. The first-order valence-corrected chi connectivity index (χ1v) is 11.1. The molecule has 0 aliphatic carbocycles. The molecule has 3 aromatic heterocycles. The highest BCUT2D eigenvalue weighted by molar-refractivity contribution is 5.88. The van der Waals surface area contributed by atoms with Crippen LogP contribution in [0.15, 0.2) is 65.3 Å². The maximum Gasteiger partial charge on any atom is 0.145 e. The van der Waals surface area contributed by atoms with Crippen molar-refractivity contribution in [3.63, 3.8) is 0 Å². The summed E-state index contributed by atoms with van der Waals surface area (Å²) in [6.45, 7) is 5.17. The lowest BCUT2D eigenvalue weighted by atomic mass is 10.1. The Morgan fingerprint density at radius 1 is 1.06 bits per heavy atom. The minimum atomic E-state index is 0.224. The highest BCUT2D eigenvalue weighted by Crippen LogP contribution is 2.23. The summed E-state index contributed by atoms with van der Waals surface area (Å²) >= 11 is 0. The fourth-order valence-corrected chi connectivity index (χ4v) is 4.08. The third-order valence-corrected chi connectivity index (χ3v) is 5.71. The Kier molecular flexibility index (Phi) is 5.98. The number of hydrogen-bond acceptors (Lipinski definition) is 7. The largest absolute Gasteiger partial charge is 0.489 e. The number of hydrogen-bond donors (Lipinski definition) is 1. The zero-order valence-electron chi connectivity index (χ0n) is 18.2. The van der Waals surface area contributed by atoms with Crippen LogP contribution in [-0.2, 0) is 13.1 Å². The lowest BCUT2D eigenvalue weighted by Crippen LogP contribution is -2.38. The average Bonchev–Trinajstić information content (AvgIpc) is 3.24. The molecule has 1 fully saturated rings. The molecule has 1 aromatic carbocycles. The number of rotatable bonds is 7. The van der Waals surface area contributed by atoms with Crippen LogP contribution in [0.4, 0.5) is 5.82 Å². The highest BCUT2D eigenvalue weighted by atomic mass is 16.5. The fraction of sp³-hybridized carbons (Fsp3) is 0.320. The van der Waals surface area contributed by atoms with E-state index in [2.05, 4.69) is 21.3 Å². The molecule has 164 valence electrons. The van der Waals surface area contributed by atoms with Crippen LogP contribution in [0.3, 0.4) is 0 Å². The molecule has 4 aromatic rings. The van der Waals surface area contributed by atoms with Crippen molar-refractivity contribution >= 4 is 16.7 Å². The number of aryl methyl sites for hydroxylation is 1. The van der Waals surface area contributed by atoms with Crippen LogP contribution >= 0.6 is 0 Å². The second-order valence-corrected chi connectivity index (χ2v) is 8.15. The van der Waals surface area contributed by atoms with Crippen molar-refractivity contribution in [2.75, 3.05) is 18.4 Å². The molecule has 1 aliphatic rings. The molecule has 0 saturated carbocycles. The molecule has 0 amide bonds. The van der Waals surface area contributed by atoms with E-state index in [0.29, 0.717) is 6.54 Å². The van der Waals surface area contributed by atoms with Crippen molar-refractivity contribution in [1.82, 2.24) is 19.9 Å². The Balaban J connectivity index is 1.25. The fourth-order valence-electron chi connectivity index (χ4n) is 4.08. The number of ether oxygens (including phenoxy) is 1. The van der Waals surface area contributed by atoms with E-state index in [-0.39, 0.29) is 6.10 Å². The summed E-state index contributed by atoms with van der Waals surface area (Å²) in [4.78, 5) is 16.2. The van der Waals surface area contributed by atoms with Crippen LogP contribution in [0.5, 0.6) is 5.75 Å². The van der Waals surface area contributed by atoms with Gasteiger partial charge in [-0.05, 0) is 56.2 Å². The number of fused-ring (bicyclic) bond motifs is 1. The molecule has 1 saturated heterocycles. The first-order chi connectivity index (χ1) is 15.7. The van der Waals surface area contributed by atoms with Gasteiger partial charge in [0.05, 0.1) is 24.8 Å². The summed E-state index contributed by atoms with van der Waals surface area (Å²) in [5.41, 5.74) is 0.949. The second-order valence-electron chi connectivity index (χ2n) is 8.15. The molecule has 7 heteroatoms. The number of pyridine rings is 1. The molecule has 0 unspecified atom stereocenters. The minimum Gasteiger partial charge on any atom is -0.489 e. The standard InChI is InChI=1S/C25H27N5O2/c1-18-8-9-21(31-18)16-27-25-22-6-2-3-7-23(22)28-24(29-25)17-30-13-10-19(11-14-30)32-20-5-4-12-26-15-20/h2-9,12,15,19H,10-11,13-14,16-17H2,1H3,(H,27,28,29). The minimum absolute atomic E-state index is 0.224. The maximum absolute atomic E-state index is 6.07. The van der Waals surface area contributed by atoms with E-state index in [4.69, 9.17) is 19.1 Å². The molecule has 5 rings (SSSR count). The van der Waals surface area contributed by atoms with Gasteiger partial charge in [0, 0.05) is 24.7 Å².